The van der Waals surface area contributed by atoms with Gasteiger partial charge in [0.05, 0.1) is 11.4 Å². The van der Waals surface area contributed by atoms with E-state index in [0.29, 0.717) is 5.56 Å². The minimum Gasteiger partial charge on any atom is -0.336 e. The number of rotatable bonds is 6. The molecule has 1 aromatic heterocycles. The highest BCUT2D eigenvalue weighted by Crippen LogP contribution is 2.25. The van der Waals surface area contributed by atoms with Crippen molar-refractivity contribution in [3.05, 3.63) is 71.5 Å². The third-order valence-electron chi connectivity index (χ3n) is 6.13. The van der Waals surface area contributed by atoms with Gasteiger partial charge in [0.1, 0.15) is 0 Å². The van der Waals surface area contributed by atoms with Crippen molar-refractivity contribution in [1.82, 2.24) is 14.5 Å². The topological polar surface area (TPSA) is 67.2 Å². The van der Waals surface area contributed by atoms with Crippen LogP contribution >= 0.6 is 11.8 Å². The number of thioether (sulfide) groups is 1. The molecule has 4 rings (SSSR count). The number of aromatic nitrogens is 2. The molecule has 0 saturated carbocycles. The minimum absolute atomic E-state index is 0.0711. The summed E-state index contributed by atoms with van der Waals surface area (Å²) in [5, 5.41) is 3.75. The lowest BCUT2D eigenvalue weighted by atomic mass is 10.0. The molecule has 2 aromatic carbocycles. The maximum absolute atomic E-state index is 12.9. The Morgan fingerprint density at radius 3 is 2.70 bits per heavy atom. The molecule has 0 aliphatic carbocycles. The predicted molar refractivity (Wildman–Crippen MR) is 133 cm³/mol. The summed E-state index contributed by atoms with van der Waals surface area (Å²) < 4.78 is 2.00. The quantitative estimate of drug-likeness (QED) is 0.509. The van der Waals surface area contributed by atoms with Crippen molar-refractivity contribution < 1.29 is 9.59 Å². The van der Waals surface area contributed by atoms with Gasteiger partial charge in [0.25, 0.3) is 5.91 Å². The molecule has 0 spiro atoms. The molecule has 6 nitrogen and oxygen atoms in total. The van der Waals surface area contributed by atoms with Gasteiger partial charge in [-0.3, -0.25) is 14.2 Å². The molecule has 1 aliphatic rings. The van der Waals surface area contributed by atoms with Gasteiger partial charge < -0.3 is 10.2 Å². The number of anilines is 1. The highest BCUT2D eigenvalue weighted by Gasteiger charge is 2.24. The van der Waals surface area contributed by atoms with Crippen LogP contribution in [0, 0.1) is 13.8 Å². The number of likely N-dealkylation sites (tertiary alicyclic amines) is 1. The summed E-state index contributed by atoms with van der Waals surface area (Å²) in [5.41, 5.74) is 4.48. The number of carbonyl (C=O) groups excluding carboxylic acids is 2. The number of amides is 2. The molecule has 172 valence electrons. The van der Waals surface area contributed by atoms with E-state index in [2.05, 4.69) is 30.2 Å². The summed E-state index contributed by atoms with van der Waals surface area (Å²) in [4.78, 5) is 31.9. The van der Waals surface area contributed by atoms with E-state index < -0.39 is 0 Å². The Kier molecular flexibility index (Phi) is 7.18. The second-order valence-electron chi connectivity index (χ2n) is 8.58. The first-order chi connectivity index (χ1) is 15.9. The number of hydrogen-bond acceptors (Lipinski definition) is 4. The van der Waals surface area contributed by atoms with Crippen LogP contribution in [0.4, 0.5) is 5.69 Å². The van der Waals surface area contributed by atoms with Crippen LogP contribution in [0.25, 0.3) is 5.69 Å². The third kappa shape index (κ3) is 5.30. The van der Waals surface area contributed by atoms with E-state index in [-0.39, 0.29) is 23.6 Å². The average molecular weight is 463 g/mol. The number of benzene rings is 2. The molecule has 3 aromatic rings. The van der Waals surface area contributed by atoms with Gasteiger partial charge in [0.2, 0.25) is 5.91 Å². The van der Waals surface area contributed by atoms with Crippen LogP contribution in [-0.2, 0) is 4.79 Å². The molecule has 1 fully saturated rings. The van der Waals surface area contributed by atoms with Gasteiger partial charge in [0.15, 0.2) is 5.16 Å². The lowest BCUT2D eigenvalue weighted by Gasteiger charge is -2.33. The lowest BCUT2D eigenvalue weighted by Crippen LogP contribution is -2.42. The van der Waals surface area contributed by atoms with Crippen LogP contribution in [0.15, 0.2) is 60.0 Å². The monoisotopic (exact) mass is 462 g/mol. The molecule has 0 radical (unpaired) electrons. The molecule has 0 bridgehead atoms. The fourth-order valence-corrected chi connectivity index (χ4v) is 5.00. The second kappa shape index (κ2) is 10.3. The average Bonchev–Trinajstić information content (AvgIpc) is 3.27. The van der Waals surface area contributed by atoms with E-state index in [1.165, 1.54) is 18.2 Å². The normalized spacial score (nSPS) is 16.0. The van der Waals surface area contributed by atoms with Gasteiger partial charge in [-0.15, -0.1) is 0 Å². The molecular weight excluding hydrogens is 432 g/mol. The number of piperidine rings is 1. The first kappa shape index (κ1) is 23.1. The molecule has 2 heterocycles. The number of nitrogens with one attached hydrogen (secondary N) is 1. The van der Waals surface area contributed by atoms with Crippen molar-refractivity contribution >= 4 is 29.3 Å². The van der Waals surface area contributed by atoms with Crippen molar-refractivity contribution in [2.75, 3.05) is 17.6 Å². The summed E-state index contributed by atoms with van der Waals surface area (Å²) in [7, 11) is 0. The number of carbonyl (C=O) groups is 2. The Bertz CT molecular complexity index is 1160. The predicted octanol–water partition coefficient (Wildman–Crippen LogP) is 5.23. The fourth-order valence-electron chi connectivity index (χ4n) is 4.23. The van der Waals surface area contributed by atoms with E-state index >= 15 is 0 Å². The Hall–Kier alpha value is -3.06. The highest BCUT2D eigenvalue weighted by atomic mass is 32.2. The lowest BCUT2D eigenvalue weighted by molar-refractivity contribution is -0.113. The largest absolute Gasteiger partial charge is 0.336 e. The zero-order valence-corrected chi connectivity index (χ0v) is 20.2. The molecular formula is C26H30N4O2S. The Balaban J connectivity index is 1.38. The van der Waals surface area contributed by atoms with Gasteiger partial charge in [0, 0.05) is 36.2 Å². The van der Waals surface area contributed by atoms with Gasteiger partial charge in [-0.2, -0.15) is 0 Å². The molecule has 1 aliphatic heterocycles. The van der Waals surface area contributed by atoms with Crippen LogP contribution in [0.3, 0.4) is 0 Å². The smallest absolute Gasteiger partial charge is 0.254 e. The molecule has 1 saturated heterocycles. The van der Waals surface area contributed by atoms with Crippen LogP contribution in [0.5, 0.6) is 0 Å². The number of aryl methyl sites for hydroxylation is 2. The van der Waals surface area contributed by atoms with E-state index in [1.807, 2.05) is 59.0 Å². The van der Waals surface area contributed by atoms with Crippen molar-refractivity contribution in [3.63, 3.8) is 0 Å². The summed E-state index contributed by atoms with van der Waals surface area (Å²) in [6.07, 6.45) is 6.95. The summed E-state index contributed by atoms with van der Waals surface area (Å²) in [6.45, 7) is 6.90. The Morgan fingerprint density at radius 2 is 1.94 bits per heavy atom. The Labute approximate surface area is 199 Å². The SMILES string of the molecule is Cc1cc(C(=O)N2CCCCC2C)ccc1NC(=O)CSc1nccn1-c1ccccc1C. The molecule has 7 heteroatoms. The van der Waals surface area contributed by atoms with E-state index in [0.717, 1.165) is 47.0 Å². The number of imidazole rings is 1. The van der Waals surface area contributed by atoms with Crippen LogP contribution in [-0.4, -0.2) is 44.6 Å². The van der Waals surface area contributed by atoms with Gasteiger partial charge >= 0.3 is 0 Å². The van der Waals surface area contributed by atoms with Crippen LogP contribution in [0.2, 0.25) is 0 Å². The standard InChI is InChI=1S/C26H30N4O2S/c1-18-8-4-5-10-23(18)30-15-13-27-26(30)33-17-24(31)28-22-12-11-21(16-19(22)2)25(32)29-14-7-6-9-20(29)3/h4-5,8,10-13,15-16,20H,6-7,9,14,17H2,1-3H3,(H,28,31). The van der Waals surface area contributed by atoms with Gasteiger partial charge in [-0.1, -0.05) is 30.0 Å². The summed E-state index contributed by atoms with van der Waals surface area (Å²) in [6, 6.07) is 13.9. The van der Waals surface area contributed by atoms with Crippen LogP contribution < -0.4 is 5.32 Å². The zero-order chi connectivity index (χ0) is 23.4. The maximum atomic E-state index is 12.9. The number of para-hydroxylation sites is 1. The molecule has 2 amide bonds. The summed E-state index contributed by atoms with van der Waals surface area (Å²) in [5.74, 6) is 0.210. The number of nitrogens with zero attached hydrogens (tertiary/aromatic N) is 3. The van der Waals surface area contributed by atoms with E-state index in [4.69, 9.17) is 0 Å². The number of hydrogen-bond donors (Lipinski definition) is 1. The van der Waals surface area contributed by atoms with Crippen molar-refractivity contribution in [2.24, 2.45) is 0 Å². The van der Waals surface area contributed by atoms with Gasteiger partial charge in [-0.05, 0) is 75.4 Å². The maximum Gasteiger partial charge on any atom is 0.254 e. The third-order valence-corrected chi connectivity index (χ3v) is 7.09. The highest BCUT2D eigenvalue weighted by molar-refractivity contribution is 7.99. The van der Waals surface area contributed by atoms with Crippen molar-refractivity contribution in [2.45, 2.75) is 51.2 Å². The minimum atomic E-state index is -0.105. The summed E-state index contributed by atoms with van der Waals surface area (Å²) >= 11 is 1.40. The fraction of sp³-hybridized carbons (Fsp3) is 0.346. The van der Waals surface area contributed by atoms with Crippen molar-refractivity contribution in [3.8, 4) is 5.69 Å². The van der Waals surface area contributed by atoms with Crippen molar-refractivity contribution in [1.29, 1.82) is 0 Å². The second-order valence-corrected chi connectivity index (χ2v) is 9.52. The molecule has 1 unspecified atom stereocenters. The molecule has 1 atom stereocenters. The van der Waals surface area contributed by atoms with E-state index in [1.54, 1.807) is 6.20 Å². The molecule has 33 heavy (non-hydrogen) atoms. The van der Waals surface area contributed by atoms with Crippen LogP contribution in [0.1, 0.15) is 47.7 Å². The zero-order valence-electron chi connectivity index (χ0n) is 19.4. The van der Waals surface area contributed by atoms with Gasteiger partial charge in [-0.25, -0.2) is 4.98 Å². The molecule has 1 N–H and O–H groups in total. The Morgan fingerprint density at radius 1 is 1.12 bits per heavy atom. The first-order valence-electron chi connectivity index (χ1n) is 11.4. The van der Waals surface area contributed by atoms with E-state index in [9.17, 15) is 9.59 Å². The first-order valence-corrected chi connectivity index (χ1v) is 12.4.